The number of para-hydroxylation sites is 1. The molecule has 0 saturated heterocycles. The Morgan fingerprint density at radius 1 is 1.32 bits per heavy atom. The predicted molar refractivity (Wildman–Crippen MR) is 86.6 cm³/mol. The van der Waals surface area contributed by atoms with Crippen molar-refractivity contribution < 1.29 is 14.3 Å². The highest BCUT2D eigenvalue weighted by atomic mass is 16.3. The Hall–Kier alpha value is -2.01. The molecule has 1 aromatic carbocycles. The van der Waals surface area contributed by atoms with E-state index in [0.717, 1.165) is 11.0 Å². The molecule has 2 aromatic rings. The average molecular weight is 304 g/mol. The van der Waals surface area contributed by atoms with Crippen molar-refractivity contribution in [3.63, 3.8) is 0 Å². The molecule has 2 amide bonds. The number of aliphatic hydroxyl groups excluding tert-OH is 1. The summed E-state index contributed by atoms with van der Waals surface area (Å²) >= 11 is 0. The van der Waals surface area contributed by atoms with Crippen LogP contribution >= 0.6 is 0 Å². The van der Waals surface area contributed by atoms with Crippen LogP contribution in [0.1, 0.15) is 39.5 Å². The van der Waals surface area contributed by atoms with E-state index in [4.69, 9.17) is 4.42 Å². The van der Waals surface area contributed by atoms with Crippen LogP contribution in [0.25, 0.3) is 11.0 Å². The number of hydrogen-bond acceptors (Lipinski definition) is 3. The van der Waals surface area contributed by atoms with Gasteiger partial charge in [-0.2, -0.15) is 0 Å². The van der Waals surface area contributed by atoms with Gasteiger partial charge in [0.05, 0.1) is 12.1 Å². The monoisotopic (exact) mass is 304 g/mol. The number of rotatable bonds is 4. The van der Waals surface area contributed by atoms with E-state index in [1.165, 1.54) is 0 Å². The van der Waals surface area contributed by atoms with Gasteiger partial charge in [0.2, 0.25) is 0 Å². The smallest absolute Gasteiger partial charge is 0.315 e. The van der Waals surface area contributed by atoms with E-state index in [0.29, 0.717) is 5.76 Å². The van der Waals surface area contributed by atoms with E-state index in [1.807, 2.05) is 58.0 Å². The highest BCUT2D eigenvalue weighted by molar-refractivity contribution is 5.78. The molecule has 0 bridgehead atoms. The number of furan rings is 1. The molecule has 0 aliphatic heterocycles. The van der Waals surface area contributed by atoms with Crippen molar-refractivity contribution in [2.45, 2.75) is 39.8 Å². The maximum atomic E-state index is 11.9. The molecule has 5 heteroatoms. The van der Waals surface area contributed by atoms with Crippen LogP contribution in [-0.4, -0.2) is 23.8 Å². The lowest BCUT2D eigenvalue weighted by Crippen LogP contribution is -2.44. The molecule has 22 heavy (non-hydrogen) atoms. The standard InChI is InChI=1S/C17H24N2O3/c1-11(14-9-12-7-5-6-8-13(12)22-14)19-16(21)18-10-15(20)17(2,3)4/h5-9,11,15,20H,10H2,1-4H3,(H2,18,19,21). The van der Waals surface area contributed by atoms with Gasteiger partial charge in [-0.1, -0.05) is 39.0 Å². The van der Waals surface area contributed by atoms with Crippen molar-refractivity contribution in [1.82, 2.24) is 10.6 Å². The van der Waals surface area contributed by atoms with Crippen molar-refractivity contribution in [2.75, 3.05) is 6.54 Å². The molecule has 0 saturated carbocycles. The van der Waals surface area contributed by atoms with E-state index >= 15 is 0 Å². The van der Waals surface area contributed by atoms with Gasteiger partial charge >= 0.3 is 6.03 Å². The predicted octanol–water partition coefficient (Wildman–Crippen LogP) is 3.20. The zero-order valence-corrected chi connectivity index (χ0v) is 13.5. The van der Waals surface area contributed by atoms with Crippen molar-refractivity contribution >= 4 is 17.0 Å². The van der Waals surface area contributed by atoms with Crippen LogP contribution in [0, 0.1) is 5.41 Å². The number of amides is 2. The van der Waals surface area contributed by atoms with Gasteiger partial charge in [0.1, 0.15) is 11.3 Å². The Morgan fingerprint density at radius 2 is 2.00 bits per heavy atom. The third-order valence-corrected chi connectivity index (χ3v) is 3.67. The Kier molecular flexibility index (Phi) is 4.76. The van der Waals surface area contributed by atoms with Crippen molar-refractivity contribution in [3.05, 3.63) is 36.1 Å². The summed E-state index contributed by atoms with van der Waals surface area (Å²) in [6, 6.07) is 9.06. The van der Waals surface area contributed by atoms with Gasteiger partial charge in [-0.15, -0.1) is 0 Å². The Labute approximate surface area is 130 Å². The van der Waals surface area contributed by atoms with Crippen molar-refractivity contribution in [3.8, 4) is 0 Å². The molecule has 2 unspecified atom stereocenters. The number of carbonyl (C=O) groups excluding carboxylic acids is 1. The molecule has 2 rings (SSSR count). The molecule has 120 valence electrons. The van der Waals surface area contributed by atoms with Crippen LogP contribution in [0.4, 0.5) is 4.79 Å². The first-order valence-electron chi connectivity index (χ1n) is 7.48. The van der Waals surface area contributed by atoms with Crippen LogP contribution in [0.15, 0.2) is 34.7 Å². The van der Waals surface area contributed by atoms with Gasteiger partial charge in [-0.3, -0.25) is 0 Å². The first-order valence-corrected chi connectivity index (χ1v) is 7.48. The molecular formula is C17H24N2O3. The fourth-order valence-corrected chi connectivity index (χ4v) is 2.03. The Balaban J connectivity index is 1.91. The van der Waals surface area contributed by atoms with Crippen molar-refractivity contribution in [1.29, 1.82) is 0 Å². The van der Waals surface area contributed by atoms with Crippen LogP contribution in [-0.2, 0) is 0 Å². The highest BCUT2D eigenvalue weighted by Crippen LogP contribution is 2.23. The van der Waals surface area contributed by atoms with Gasteiger partial charge < -0.3 is 20.2 Å². The molecule has 0 spiro atoms. The molecule has 1 aromatic heterocycles. The number of fused-ring (bicyclic) bond motifs is 1. The Bertz CT molecular complexity index is 610. The second-order valence-corrected chi connectivity index (χ2v) is 6.64. The second-order valence-electron chi connectivity index (χ2n) is 6.64. The lowest BCUT2D eigenvalue weighted by molar-refractivity contribution is 0.0649. The Morgan fingerprint density at radius 3 is 2.64 bits per heavy atom. The summed E-state index contributed by atoms with van der Waals surface area (Å²) in [6.07, 6.45) is -0.597. The molecule has 0 aliphatic carbocycles. The van der Waals surface area contributed by atoms with Gasteiger partial charge in [-0.25, -0.2) is 4.79 Å². The second kappa shape index (κ2) is 6.40. The molecule has 5 nitrogen and oxygen atoms in total. The number of nitrogens with one attached hydrogen (secondary N) is 2. The third kappa shape index (κ3) is 4.01. The van der Waals surface area contributed by atoms with E-state index in [-0.39, 0.29) is 24.0 Å². The lowest BCUT2D eigenvalue weighted by atomic mass is 9.89. The summed E-state index contributed by atoms with van der Waals surface area (Å²) < 4.78 is 5.72. The summed E-state index contributed by atoms with van der Waals surface area (Å²) in [7, 11) is 0. The topological polar surface area (TPSA) is 74.5 Å². The average Bonchev–Trinajstić information content (AvgIpc) is 2.87. The van der Waals surface area contributed by atoms with Gasteiger partial charge in [0.15, 0.2) is 0 Å². The number of hydrogen-bond donors (Lipinski definition) is 3. The summed E-state index contributed by atoms with van der Waals surface area (Å²) in [5, 5.41) is 16.4. The normalized spacial score (nSPS) is 14.6. The number of aliphatic hydroxyl groups is 1. The molecule has 2 atom stereocenters. The highest BCUT2D eigenvalue weighted by Gasteiger charge is 2.23. The van der Waals surface area contributed by atoms with Gasteiger partial charge in [0, 0.05) is 11.9 Å². The minimum atomic E-state index is -0.597. The van der Waals surface area contributed by atoms with Gasteiger partial charge in [0.25, 0.3) is 0 Å². The maximum absolute atomic E-state index is 11.9. The minimum absolute atomic E-state index is 0.210. The molecule has 3 N–H and O–H groups in total. The van der Waals surface area contributed by atoms with Crippen LogP contribution in [0.2, 0.25) is 0 Å². The molecule has 0 radical (unpaired) electrons. The number of urea groups is 1. The summed E-state index contributed by atoms with van der Waals surface area (Å²) in [4.78, 5) is 11.9. The molecule has 0 aliphatic rings. The van der Waals surface area contributed by atoms with Crippen LogP contribution in [0.5, 0.6) is 0 Å². The zero-order valence-electron chi connectivity index (χ0n) is 13.5. The van der Waals surface area contributed by atoms with Crippen LogP contribution in [0.3, 0.4) is 0 Å². The van der Waals surface area contributed by atoms with Gasteiger partial charge in [-0.05, 0) is 24.5 Å². The first kappa shape index (κ1) is 16.4. The summed E-state index contributed by atoms with van der Waals surface area (Å²) in [6.45, 7) is 7.84. The maximum Gasteiger partial charge on any atom is 0.315 e. The van der Waals surface area contributed by atoms with Crippen molar-refractivity contribution in [2.24, 2.45) is 5.41 Å². The molecular weight excluding hydrogens is 280 g/mol. The van der Waals surface area contributed by atoms with E-state index in [1.54, 1.807) is 0 Å². The fourth-order valence-electron chi connectivity index (χ4n) is 2.03. The third-order valence-electron chi connectivity index (χ3n) is 3.67. The zero-order chi connectivity index (χ0) is 16.3. The molecule has 1 heterocycles. The first-order chi connectivity index (χ1) is 10.3. The van der Waals surface area contributed by atoms with E-state index < -0.39 is 6.10 Å². The van der Waals surface area contributed by atoms with Crippen LogP contribution < -0.4 is 10.6 Å². The van der Waals surface area contributed by atoms with E-state index in [9.17, 15) is 9.90 Å². The minimum Gasteiger partial charge on any atom is -0.459 e. The summed E-state index contributed by atoms with van der Waals surface area (Å²) in [5.74, 6) is 0.702. The quantitative estimate of drug-likeness (QED) is 0.812. The number of carbonyl (C=O) groups is 1. The molecule has 0 fully saturated rings. The number of benzene rings is 1. The fraction of sp³-hybridized carbons (Fsp3) is 0.471. The van der Waals surface area contributed by atoms with E-state index in [2.05, 4.69) is 10.6 Å². The SMILES string of the molecule is CC(NC(=O)NCC(O)C(C)(C)C)c1cc2ccccc2o1. The lowest BCUT2D eigenvalue weighted by Gasteiger charge is -2.26. The largest absolute Gasteiger partial charge is 0.459 e. The summed E-state index contributed by atoms with van der Waals surface area (Å²) in [5.41, 5.74) is 0.534.